The van der Waals surface area contributed by atoms with E-state index in [-0.39, 0.29) is 49.0 Å². The third-order valence-electron chi connectivity index (χ3n) is 4.82. The van der Waals surface area contributed by atoms with Crippen LogP contribution in [-0.4, -0.2) is 56.6 Å². The lowest BCUT2D eigenvalue weighted by atomic mass is 10.1. The molecule has 0 bridgehead atoms. The molecule has 0 aromatic heterocycles. The van der Waals surface area contributed by atoms with E-state index >= 15 is 0 Å². The maximum Gasteiger partial charge on any atom is 0.416 e. The number of halogens is 3. The standard InChI is InChI=1S/C19H19F3N4O5S/c1-32(30,31)23-15-4-2-3-13(11-15)18(27)25-9-7-24(8-10-25)16-6-5-14(19(20,21)22)12-17(16)26(28)29/h2-6,11-12,23H,7-10H2,1H3. The van der Waals surface area contributed by atoms with Gasteiger partial charge >= 0.3 is 6.18 Å². The number of anilines is 2. The lowest BCUT2D eigenvalue weighted by Gasteiger charge is -2.36. The van der Waals surface area contributed by atoms with Crippen LogP contribution in [0.5, 0.6) is 0 Å². The van der Waals surface area contributed by atoms with Gasteiger partial charge in [-0.05, 0) is 30.3 Å². The Morgan fingerprint density at radius 3 is 2.31 bits per heavy atom. The summed E-state index contributed by atoms with van der Waals surface area (Å²) in [7, 11) is -3.51. The quantitative estimate of drug-likeness (QED) is 0.529. The molecule has 1 N–H and O–H groups in total. The first-order valence-corrected chi connectivity index (χ1v) is 11.2. The number of carbonyl (C=O) groups is 1. The molecule has 0 radical (unpaired) electrons. The van der Waals surface area contributed by atoms with Crippen LogP contribution in [0.25, 0.3) is 0 Å². The van der Waals surface area contributed by atoms with Crippen LogP contribution in [0.1, 0.15) is 15.9 Å². The largest absolute Gasteiger partial charge is 0.416 e. The van der Waals surface area contributed by atoms with Gasteiger partial charge in [0.25, 0.3) is 11.6 Å². The van der Waals surface area contributed by atoms with Crippen molar-refractivity contribution in [3.63, 3.8) is 0 Å². The minimum absolute atomic E-state index is 0.0504. The molecule has 2 aromatic rings. The summed E-state index contributed by atoms with van der Waals surface area (Å²) in [6.07, 6.45) is -3.71. The summed E-state index contributed by atoms with van der Waals surface area (Å²) < 4.78 is 63.8. The van der Waals surface area contributed by atoms with Crippen molar-refractivity contribution in [1.29, 1.82) is 0 Å². The first-order valence-electron chi connectivity index (χ1n) is 9.33. The number of piperazine rings is 1. The number of nitrogens with one attached hydrogen (secondary N) is 1. The second-order valence-corrected chi connectivity index (χ2v) is 8.94. The number of amides is 1. The molecule has 0 saturated carbocycles. The summed E-state index contributed by atoms with van der Waals surface area (Å²) in [5, 5.41) is 11.3. The Labute approximate surface area is 181 Å². The molecule has 0 aliphatic carbocycles. The zero-order chi connectivity index (χ0) is 23.7. The molecule has 0 spiro atoms. The van der Waals surface area contributed by atoms with E-state index in [0.717, 1.165) is 18.4 Å². The van der Waals surface area contributed by atoms with E-state index in [2.05, 4.69) is 4.72 Å². The van der Waals surface area contributed by atoms with Gasteiger partial charge in [0, 0.05) is 43.5 Å². The molecule has 1 fully saturated rings. The van der Waals surface area contributed by atoms with E-state index in [1.165, 1.54) is 29.2 Å². The van der Waals surface area contributed by atoms with E-state index in [4.69, 9.17) is 0 Å². The van der Waals surface area contributed by atoms with Crippen LogP contribution in [0.2, 0.25) is 0 Å². The third-order valence-corrected chi connectivity index (χ3v) is 5.43. The molecule has 1 aliphatic heterocycles. The van der Waals surface area contributed by atoms with Gasteiger partial charge in [-0.3, -0.25) is 19.6 Å². The van der Waals surface area contributed by atoms with Crippen molar-refractivity contribution in [3.05, 3.63) is 63.7 Å². The van der Waals surface area contributed by atoms with Gasteiger partial charge in [-0.1, -0.05) is 6.07 Å². The second kappa shape index (κ2) is 8.65. The highest BCUT2D eigenvalue weighted by Gasteiger charge is 2.34. The number of nitro benzene ring substituents is 1. The lowest BCUT2D eigenvalue weighted by Crippen LogP contribution is -2.49. The molecule has 13 heteroatoms. The van der Waals surface area contributed by atoms with Crippen LogP contribution in [0.15, 0.2) is 42.5 Å². The number of carbonyl (C=O) groups excluding carboxylic acids is 1. The molecule has 0 unspecified atom stereocenters. The van der Waals surface area contributed by atoms with E-state index in [1.54, 1.807) is 4.90 Å². The van der Waals surface area contributed by atoms with Crippen LogP contribution in [0, 0.1) is 10.1 Å². The topological polar surface area (TPSA) is 113 Å². The lowest BCUT2D eigenvalue weighted by molar-refractivity contribution is -0.384. The number of sulfonamides is 1. The summed E-state index contributed by atoms with van der Waals surface area (Å²) in [4.78, 5) is 26.3. The second-order valence-electron chi connectivity index (χ2n) is 7.19. The fraction of sp³-hybridized carbons (Fsp3) is 0.316. The predicted octanol–water partition coefficient (Wildman–Crippen LogP) is 2.95. The van der Waals surface area contributed by atoms with Gasteiger partial charge in [0.05, 0.1) is 16.7 Å². The number of benzene rings is 2. The van der Waals surface area contributed by atoms with Gasteiger partial charge < -0.3 is 9.80 Å². The predicted molar refractivity (Wildman–Crippen MR) is 111 cm³/mol. The normalized spacial score (nSPS) is 14.9. The Bertz CT molecular complexity index is 1150. The Balaban J connectivity index is 1.74. The summed E-state index contributed by atoms with van der Waals surface area (Å²) in [6.45, 7) is 0.722. The van der Waals surface area contributed by atoms with Crippen molar-refractivity contribution in [2.45, 2.75) is 6.18 Å². The first-order chi connectivity index (χ1) is 14.8. The molecule has 9 nitrogen and oxygen atoms in total. The highest BCUT2D eigenvalue weighted by Crippen LogP contribution is 2.36. The van der Waals surface area contributed by atoms with Crippen LogP contribution < -0.4 is 9.62 Å². The highest BCUT2D eigenvalue weighted by molar-refractivity contribution is 7.92. The van der Waals surface area contributed by atoms with Crippen LogP contribution in [0.3, 0.4) is 0 Å². The molecule has 172 valence electrons. The summed E-state index contributed by atoms with van der Waals surface area (Å²) in [6, 6.07) is 8.33. The summed E-state index contributed by atoms with van der Waals surface area (Å²) in [5.74, 6) is -0.358. The first kappa shape index (κ1) is 23.3. The van der Waals surface area contributed by atoms with Crippen LogP contribution >= 0.6 is 0 Å². The molecule has 2 aromatic carbocycles. The van der Waals surface area contributed by atoms with Gasteiger partial charge in [-0.25, -0.2) is 8.42 Å². The smallest absolute Gasteiger partial charge is 0.362 e. The maximum atomic E-state index is 12.9. The van der Waals surface area contributed by atoms with E-state index < -0.39 is 32.4 Å². The van der Waals surface area contributed by atoms with Crippen molar-refractivity contribution in [2.24, 2.45) is 0 Å². The Kier molecular flexibility index (Phi) is 6.30. The molecule has 3 rings (SSSR count). The minimum Gasteiger partial charge on any atom is -0.362 e. The number of nitro groups is 1. The van der Waals surface area contributed by atoms with Crippen molar-refractivity contribution in [1.82, 2.24) is 4.90 Å². The van der Waals surface area contributed by atoms with Crippen molar-refractivity contribution in [3.8, 4) is 0 Å². The third kappa shape index (κ3) is 5.46. The number of hydrogen-bond donors (Lipinski definition) is 1. The average molecular weight is 472 g/mol. The molecular weight excluding hydrogens is 453 g/mol. The highest BCUT2D eigenvalue weighted by atomic mass is 32.2. The van der Waals surface area contributed by atoms with Gasteiger partial charge in [0.15, 0.2) is 0 Å². The number of hydrogen-bond acceptors (Lipinski definition) is 6. The van der Waals surface area contributed by atoms with Gasteiger partial charge in [0.1, 0.15) is 5.69 Å². The Morgan fingerprint density at radius 2 is 1.75 bits per heavy atom. The van der Waals surface area contributed by atoms with Crippen LogP contribution in [0.4, 0.5) is 30.2 Å². The summed E-state index contributed by atoms with van der Waals surface area (Å²) in [5.41, 5.74) is -1.22. The van der Waals surface area contributed by atoms with Crippen LogP contribution in [-0.2, 0) is 16.2 Å². The van der Waals surface area contributed by atoms with Crippen molar-refractivity contribution in [2.75, 3.05) is 42.1 Å². The van der Waals surface area contributed by atoms with Gasteiger partial charge in [-0.15, -0.1) is 0 Å². The van der Waals surface area contributed by atoms with Gasteiger partial charge in [0.2, 0.25) is 10.0 Å². The molecule has 32 heavy (non-hydrogen) atoms. The van der Waals surface area contributed by atoms with E-state index in [9.17, 15) is 36.5 Å². The minimum atomic E-state index is -4.70. The molecule has 1 saturated heterocycles. The van der Waals surface area contributed by atoms with E-state index in [1.807, 2.05) is 0 Å². The van der Waals surface area contributed by atoms with Crippen molar-refractivity contribution >= 4 is 33.0 Å². The Morgan fingerprint density at radius 1 is 1.09 bits per heavy atom. The zero-order valence-corrected chi connectivity index (χ0v) is 17.6. The number of alkyl halides is 3. The monoisotopic (exact) mass is 472 g/mol. The fourth-order valence-corrected chi connectivity index (χ4v) is 3.93. The SMILES string of the molecule is CS(=O)(=O)Nc1cccc(C(=O)N2CCN(c3ccc(C(F)(F)F)cc3[N+](=O)[O-])CC2)c1. The molecular formula is C19H19F3N4O5S. The number of nitrogens with zero attached hydrogens (tertiary/aromatic N) is 3. The average Bonchev–Trinajstić information content (AvgIpc) is 2.71. The fourth-order valence-electron chi connectivity index (χ4n) is 3.38. The van der Waals surface area contributed by atoms with Crippen molar-refractivity contribution < 1.29 is 31.3 Å². The Hall–Kier alpha value is -3.35. The molecule has 1 aliphatic rings. The summed E-state index contributed by atoms with van der Waals surface area (Å²) >= 11 is 0. The maximum absolute atomic E-state index is 12.9. The van der Waals surface area contributed by atoms with Gasteiger partial charge in [-0.2, -0.15) is 13.2 Å². The zero-order valence-electron chi connectivity index (χ0n) is 16.8. The molecule has 1 amide bonds. The number of rotatable bonds is 5. The molecule has 0 atom stereocenters. The van der Waals surface area contributed by atoms with E-state index in [0.29, 0.717) is 6.07 Å². The molecule has 1 heterocycles.